The Hall–Kier alpha value is -1.84. The maximum Gasteiger partial charge on any atom is 0.257 e. The zero-order chi connectivity index (χ0) is 11.3. The summed E-state index contributed by atoms with van der Waals surface area (Å²) in [5.74, 6) is 0.129. The van der Waals surface area contributed by atoms with E-state index >= 15 is 0 Å². The molecule has 1 aromatic rings. The Labute approximate surface area is 88.2 Å². The number of ether oxygens (including phenoxy) is 1. The first-order valence-corrected chi connectivity index (χ1v) is 4.58. The molecule has 4 nitrogen and oxygen atoms in total. The van der Waals surface area contributed by atoms with Crippen LogP contribution in [0.3, 0.4) is 0 Å². The molecule has 0 heterocycles. The average molecular weight is 207 g/mol. The minimum absolute atomic E-state index is 0.0810. The van der Waals surface area contributed by atoms with Crippen LogP contribution in [0.15, 0.2) is 24.3 Å². The van der Waals surface area contributed by atoms with E-state index in [1.807, 2.05) is 0 Å². The van der Waals surface area contributed by atoms with Crippen molar-refractivity contribution in [1.29, 1.82) is 0 Å². The van der Waals surface area contributed by atoms with E-state index in [4.69, 9.17) is 4.74 Å². The number of amides is 1. The summed E-state index contributed by atoms with van der Waals surface area (Å²) in [5.41, 5.74) is 0.487. The average Bonchev–Trinajstić information content (AvgIpc) is 2.26. The largest absolute Gasteiger partial charge is 0.483 e. The van der Waals surface area contributed by atoms with Crippen molar-refractivity contribution in [1.82, 2.24) is 5.32 Å². The highest BCUT2D eigenvalue weighted by Gasteiger charge is 2.08. The van der Waals surface area contributed by atoms with Gasteiger partial charge in [0.1, 0.15) is 5.75 Å². The number of likely N-dealkylation sites (N-methyl/N-ethyl adjacent to an activating group) is 1. The Kier molecular flexibility index (Phi) is 3.85. The number of benzene rings is 1. The van der Waals surface area contributed by atoms with Crippen LogP contribution in [-0.4, -0.2) is 25.3 Å². The van der Waals surface area contributed by atoms with E-state index in [0.717, 1.165) is 0 Å². The van der Waals surface area contributed by atoms with Gasteiger partial charge in [-0.15, -0.1) is 0 Å². The first kappa shape index (κ1) is 11.2. The van der Waals surface area contributed by atoms with Crippen molar-refractivity contribution in [2.45, 2.75) is 6.92 Å². The van der Waals surface area contributed by atoms with Gasteiger partial charge in [-0.2, -0.15) is 0 Å². The predicted octanol–water partition coefficient (Wildman–Crippen LogP) is 1.01. The zero-order valence-electron chi connectivity index (χ0n) is 8.74. The number of para-hydroxylation sites is 1. The molecule has 80 valence electrons. The molecule has 0 bridgehead atoms. The lowest BCUT2D eigenvalue weighted by atomic mass is 10.1. The lowest BCUT2D eigenvalue weighted by molar-refractivity contribution is -0.122. The second-order valence-electron chi connectivity index (χ2n) is 3.01. The molecule has 1 aromatic carbocycles. The van der Waals surface area contributed by atoms with Gasteiger partial charge in [0.05, 0.1) is 5.56 Å². The molecule has 0 radical (unpaired) electrons. The summed E-state index contributed by atoms with van der Waals surface area (Å²) >= 11 is 0. The molecule has 0 aliphatic heterocycles. The summed E-state index contributed by atoms with van der Waals surface area (Å²) in [5, 5.41) is 2.44. The van der Waals surface area contributed by atoms with Crippen LogP contribution in [0, 0.1) is 0 Å². The van der Waals surface area contributed by atoms with Gasteiger partial charge in [-0.05, 0) is 19.1 Å². The fourth-order valence-corrected chi connectivity index (χ4v) is 1.10. The zero-order valence-corrected chi connectivity index (χ0v) is 8.74. The van der Waals surface area contributed by atoms with Gasteiger partial charge >= 0.3 is 0 Å². The molecule has 1 rings (SSSR count). The SMILES string of the molecule is CNC(=O)COc1ccccc1C(C)=O. The number of hydrogen-bond donors (Lipinski definition) is 1. The summed E-state index contributed by atoms with van der Waals surface area (Å²) in [7, 11) is 1.53. The summed E-state index contributed by atoms with van der Waals surface area (Å²) < 4.78 is 5.22. The van der Waals surface area contributed by atoms with Crippen molar-refractivity contribution in [2.24, 2.45) is 0 Å². The maximum atomic E-state index is 11.2. The Morgan fingerprint density at radius 3 is 2.60 bits per heavy atom. The second-order valence-corrected chi connectivity index (χ2v) is 3.01. The van der Waals surface area contributed by atoms with Crippen LogP contribution >= 0.6 is 0 Å². The molecule has 0 saturated carbocycles. The Bertz CT molecular complexity index is 374. The molecule has 0 aliphatic carbocycles. The van der Waals surface area contributed by atoms with E-state index in [1.165, 1.54) is 14.0 Å². The van der Waals surface area contributed by atoms with Gasteiger partial charge in [-0.1, -0.05) is 12.1 Å². The quantitative estimate of drug-likeness (QED) is 0.750. The summed E-state index contributed by atoms with van der Waals surface area (Å²) in [6, 6.07) is 6.84. The fraction of sp³-hybridized carbons (Fsp3) is 0.273. The van der Waals surface area contributed by atoms with Crippen LogP contribution in [0.1, 0.15) is 17.3 Å². The Balaban J connectivity index is 2.76. The molecule has 0 unspecified atom stereocenters. The Morgan fingerprint density at radius 2 is 2.00 bits per heavy atom. The number of carbonyl (C=O) groups is 2. The normalized spacial score (nSPS) is 9.47. The van der Waals surface area contributed by atoms with Crippen molar-refractivity contribution in [2.75, 3.05) is 13.7 Å². The van der Waals surface area contributed by atoms with Crippen LogP contribution in [-0.2, 0) is 4.79 Å². The van der Waals surface area contributed by atoms with Gasteiger partial charge in [-0.3, -0.25) is 9.59 Å². The highest BCUT2D eigenvalue weighted by atomic mass is 16.5. The molecule has 0 aromatic heterocycles. The summed E-state index contributed by atoms with van der Waals surface area (Å²) in [6.07, 6.45) is 0. The van der Waals surface area contributed by atoms with Crippen LogP contribution in [0.2, 0.25) is 0 Å². The number of Topliss-reactive ketones (excluding diaryl/α,β-unsaturated/α-hetero) is 1. The van der Waals surface area contributed by atoms with Gasteiger partial charge in [0.2, 0.25) is 0 Å². The van der Waals surface area contributed by atoms with Crippen molar-refractivity contribution in [3.63, 3.8) is 0 Å². The van der Waals surface area contributed by atoms with Crippen LogP contribution < -0.4 is 10.1 Å². The lowest BCUT2D eigenvalue weighted by Gasteiger charge is -2.08. The topological polar surface area (TPSA) is 55.4 Å². The highest BCUT2D eigenvalue weighted by Crippen LogP contribution is 2.17. The van der Waals surface area contributed by atoms with Gasteiger partial charge in [0, 0.05) is 7.05 Å². The first-order valence-electron chi connectivity index (χ1n) is 4.58. The molecule has 0 aliphatic rings. The molecule has 0 saturated heterocycles. The molecule has 1 N–H and O–H groups in total. The monoisotopic (exact) mass is 207 g/mol. The third-order valence-corrected chi connectivity index (χ3v) is 1.90. The van der Waals surface area contributed by atoms with Crippen molar-refractivity contribution >= 4 is 11.7 Å². The van der Waals surface area contributed by atoms with Crippen LogP contribution in [0.5, 0.6) is 5.75 Å². The number of hydrogen-bond acceptors (Lipinski definition) is 3. The number of carbonyl (C=O) groups excluding carboxylic acids is 2. The number of ketones is 1. The molecule has 1 amide bonds. The van der Waals surface area contributed by atoms with Crippen LogP contribution in [0.25, 0.3) is 0 Å². The molecule has 15 heavy (non-hydrogen) atoms. The minimum atomic E-state index is -0.228. The summed E-state index contributed by atoms with van der Waals surface area (Å²) in [4.78, 5) is 22.1. The third kappa shape index (κ3) is 3.09. The van der Waals surface area contributed by atoms with Gasteiger partial charge in [0.15, 0.2) is 12.4 Å². The summed E-state index contributed by atoms with van der Waals surface area (Å²) in [6.45, 7) is 1.38. The molecule has 0 fully saturated rings. The minimum Gasteiger partial charge on any atom is -0.483 e. The van der Waals surface area contributed by atoms with E-state index in [9.17, 15) is 9.59 Å². The van der Waals surface area contributed by atoms with Crippen molar-refractivity contribution in [3.05, 3.63) is 29.8 Å². The highest BCUT2D eigenvalue weighted by molar-refractivity contribution is 5.96. The van der Waals surface area contributed by atoms with E-state index < -0.39 is 0 Å². The van der Waals surface area contributed by atoms with Gasteiger partial charge in [-0.25, -0.2) is 0 Å². The second kappa shape index (κ2) is 5.14. The van der Waals surface area contributed by atoms with Gasteiger partial charge in [0.25, 0.3) is 5.91 Å². The number of nitrogens with one attached hydrogen (secondary N) is 1. The van der Waals surface area contributed by atoms with Crippen LogP contribution in [0.4, 0.5) is 0 Å². The molecule has 4 heteroatoms. The molecule has 0 atom stereocenters. The molecule has 0 spiro atoms. The first-order chi connectivity index (χ1) is 7.15. The number of rotatable bonds is 4. The van der Waals surface area contributed by atoms with E-state index in [0.29, 0.717) is 11.3 Å². The predicted molar refractivity (Wildman–Crippen MR) is 56.0 cm³/mol. The fourth-order valence-electron chi connectivity index (χ4n) is 1.10. The lowest BCUT2D eigenvalue weighted by Crippen LogP contribution is -2.25. The Morgan fingerprint density at radius 1 is 1.33 bits per heavy atom. The van der Waals surface area contributed by atoms with E-state index in [-0.39, 0.29) is 18.3 Å². The van der Waals surface area contributed by atoms with E-state index in [1.54, 1.807) is 24.3 Å². The standard InChI is InChI=1S/C11H13NO3/c1-8(13)9-5-3-4-6-10(9)15-7-11(14)12-2/h3-6H,7H2,1-2H3,(H,12,14). The maximum absolute atomic E-state index is 11.2. The van der Waals surface area contributed by atoms with Crippen molar-refractivity contribution in [3.8, 4) is 5.75 Å². The van der Waals surface area contributed by atoms with Crippen molar-refractivity contribution < 1.29 is 14.3 Å². The molecular weight excluding hydrogens is 194 g/mol. The smallest absolute Gasteiger partial charge is 0.257 e. The van der Waals surface area contributed by atoms with E-state index in [2.05, 4.69) is 5.32 Å². The third-order valence-electron chi connectivity index (χ3n) is 1.90. The van der Waals surface area contributed by atoms with Gasteiger partial charge < -0.3 is 10.1 Å². The molecular formula is C11H13NO3.